The molecule has 0 aliphatic rings. The van der Waals surface area contributed by atoms with Gasteiger partial charge in [0.05, 0.1) is 0 Å². The number of carbonyl (C=O) groups is 2. The van der Waals surface area contributed by atoms with Gasteiger partial charge < -0.3 is 10.4 Å². The third kappa shape index (κ3) is 22.2. The molecule has 0 radical (unpaired) electrons. The van der Waals surface area contributed by atoms with E-state index in [0.717, 1.165) is 44.9 Å². The smallest absolute Gasteiger partial charge is 0.326 e. The van der Waals surface area contributed by atoms with E-state index in [1.54, 1.807) is 0 Å². The summed E-state index contributed by atoms with van der Waals surface area (Å²) in [6.07, 6.45) is 28.9. The SMILES string of the molecule is C.CC/C=C\C/C=C\C/C=C\C/C=C\C/C=C\CCCC(=O)NC(CC(C)C)C(=O)O. The van der Waals surface area contributed by atoms with Crippen molar-refractivity contribution in [2.24, 2.45) is 5.92 Å². The highest BCUT2D eigenvalue weighted by Gasteiger charge is 2.20. The van der Waals surface area contributed by atoms with E-state index in [9.17, 15) is 9.59 Å². The van der Waals surface area contributed by atoms with Gasteiger partial charge in [-0.1, -0.05) is 89.0 Å². The first kappa shape index (κ1) is 30.8. The standard InChI is InChI=1S/C26H41NO3.CH4/c1-4-5-6-7-8-9-10-11-12-13-14-15-16-17-18-19-20-21-25(28)27-24(26(29)30)22-23(2)3;/h5-6,8-9,11-12,14-15,17-18,23-24H,4,7,10,13,16,19-22H2,1-3H3,(H,27,28)(H,29,30);1H4/b6-5-,9-8-,12-11-,15-14-,18-17-;. The number of aliphatic carboxylic acids is 1. The number of carbonyl (C=O) groups excluding carboxylic acids is 1. The van der Waals surface area contributed by atoms with Crippen molar-refractivity contribution >= 4 is 11.9 Å². The molecular formula is C27H45NO3. The number of hydrogen-bond acceptors (Lipinski definition) is 2. The average Bonchev–Trinajstić information content (AvgIpc) is 2.69. The van der Waals surface area contributed by atoms with Crippen LogP contribution in [0.1, 0.15) is 86.0 Å². The molecule has 0 aromatic carbocycles. The molecule has 0 spiro atoms. The van der Waals surface area contributed by atoms with Gasteiger partial charge in [0.2, 0.25) is 5.91 Å². The molecule has 0 heterocycles. The third-order valence-electron chi connectivity index (χ3n) is 4.27. The number of nitrogens with one attached hydrogen (secondary N) is 1. The molecule has 1 amide bonds. The Morgan fingerprint density at radius 3 is 1.68 bits per heavy atom. The number of unbranched alkanes of at least 4 members (excludes halogenated alkanes) is 1. The zero-order valence-corrected chi connectivity index (χ0v) is 19.1. The van der Waals surface area contributed by atoms with Crippen molar-refractivity contribution in [3.63, 3.8) is 0 Å². The largest absolute Gasteiger partial charge is 0.480 e. The number of rotatable bonds is 17. The van der Waals surface area contributed by atoms with Gasteiger partial charge in [-0.3, -0.25) is 4.79 Å². The first-order valence-corrected chi connectivity index (χ1v) is 11.2. The topological polar surface area (TPSA) is 66.4 Å². The maximum atomic E-state index is 11.9. The van der Waals surface area contributed by atoms with Crippen LogP contribution in [0.15, 0.2) is 60.8 Å². The highest BCUT2D eigenvalue weighted by molar-refractivity contribution is 5.83. The van der Waals surface area contributed by atoms with Crippen LogP contribution in [-0.4, -0.2) is 23.0 Å². The minimum atomic E-state index is -0.963. The van der Waals surface area contributed by atoms with Crippen molar-refractivity contribution in [2.45, 2.75) is 92.0 Å². The van der Waals surface area contributed by atoms with Crippen molar-refractivity contribution in [3.05, 3.63) is 60.8 Å². The van der Waals surface area contributed by atoms with Crippen molar-refractivity contribution in [1.29, 1.82) is 0 Å². The molecule has 0 saturated carbocycles. The monoisotopic (exact) mass is 431 g/mol. The Labute approximate surface area is 190 Å². The summed E-state index contributed by atoms with van der Waals surface area (Å²) in [7, 11) is 0. The van der Waals surface area contributed by atoms with Crippen LogP contribution in [-0.2, 0) is 9.59 Å². The van der Waals surface area contributed by atoms with Crippen molar-refractivity contribution in [2.75, 3.05) is 0 Å². The van der Waals surface area contributed by atoms with E-state index in [-0.39, 0.29) is 19.3 Å². The van der Waals surface area contributed by atoms with Crippen LogP contribution in [0.5, 0.6) is 0 Å². The Morgan fingerprint density at radius 1 is 0.806 bits per heavy atom. The van der Waals surface area contributed by atoms with Crippen molar-refractivity contribution < 1.29 is 14.7 Å². The minimum Gasteiger partial charge on any atom is -0.480 e. The summed E-state index contributed by atoms with van der Waals surface area (Å²) in [5, 5.41) is 11.8. The Kier molecular flexibility index (Phi) is 22.2. The molecule has 0 aromatic rings. The molecule has 0 aliphatic heterocycles. The molecule has 0 aromatic heterocycles. The highest BCUT2D eigenvalue weighted by Crippen LogP contribution is 2.06. The zero-order chi connectivity index (χ0) is 22.5. The Hall–Kier alpha value is -2.36. The number of carboxylic acids is 1. The van der Waals surface area contributed by atoms with Crippen LogP contribution in [0.2, 0.25) is 0 Å². The maximum absolute atomic E-state index is 11.9. The highest BCUT2D eigenvalue weighted by atomic mass is 16.4. The van der Waals surface area contributed by atoms with Crippen LogP contribution in [0.3, 0.4) is 0 Å². The number of amides is 1. The summed E-state index contributed by atoms with van der Waals surface area (Å²) < 4.78 is 0. The lowest BCUT2D eigenvalue weighted by Crippen LogP contribution is -2.41. The molecule has 1 unspecified atom stereocenters. The third-order valence-corrected chi connectivity index (χ3v) is 4.27. The van der Waals surface area contributed by atoms with Crippen LogP contribution < -0.4 is 5.32 Å². The number of carboxylic acid groups (broad SMARTS) is 1. The molecule has 4 nitrogen and oxygen atoms in total. The van der Waals surface area contributed by atoms with E-state index in [2.05, 4.69) is 73.0 Å². The fraction of sp³-hybridized carbons (Fsp3) is 0.556. The molecule has 0 rings (SSSR count). The van der Waals surface area contributed by atoms with Gasteiger partial charge in [0.15, 0.2) is 0 Å². The van der Waals surface area contributed by atoms with Crippen molar-refractivity contribution in [3.8, 4) is 0 Å². The van der Waals surface area contributed by atoms with E-state index in [4.69, 9.17) is 5.11 Å². The Morgan fingerprint density at radius 2 is 1.26 bits per heavy atom. The number of hydrogen-bond donors (Lipinski definition) is 2. The van der Waals surface area contributed by atoms with Gasteiger partial charge in [0.25, 0.3) is 0 Å². The van der Waals surface area contributed by atoms with E-state index >= 15 is 0 Å². The summed E-state index contributed by atoms with van der Waals surface area (Å²) in [5.74, 6) is -0.919. The summed E-state index contributed by atoms with van der Waals surface area (Å²) in [4.78, 5) is 23.0. The predicted octanol–water partition coefficient (Wildman–Crippen LogP) is 7.16. The molecule has 0 aliphatic carbocycles. The molecule has 0 fully saturated rings. The van der Waals surface area contributed by atoms with E-state index in [0.29, 0.717) is 12.8 Å². The van der Waals surface area contributed by atoms with Gasteiger partial charge in [-0.2, -0.15) is 0 Å². The summed E-state index contributed by atoms with van der Waals surface area (Å²) in [6.45, 7) is 6.04. The van der Waals surface area contributed by atoms with Crippen LogP contribution in [0, 0.1) is 5.92 Å². The zero-order valence-electron chi connectivity index (χ0n) is 19.1. The van der Waals surface area contributed by atoms with Gasteiger partial charge >= 0.3 is 5.97 Å². The van der Waals surface area contributed by atoms with E-state index in [1.165, 1.54) is 0 Å². The molecule has 2 N–H and O–H groups in total. The van der Waals surface area contributed by atoms with Gasteiger partial charge in [-0.15, -0.1) is 0 Å². The second-order valence-corrected chi connectivity index (χ2v) is 7.69. The second kappa shape index (κ2) is 22.3. The van der Waals surface area contributed by atoms with E-state index < -0.39 is 12.0 Å². The second-order valence-electron chi connectivity index (χ2n) is 7.69. The van der Waals surface area contributed by atoms with Gasteiger partial charge in [-0.05, 0) is 57.3 Å². The molecule has 0 bridgehead atoms. The van der Waals surface area contributed by atoms with Gasteiger partial charge in [-0.25, -0.2) is 4.79 Å². The van der Waals surface area contributed by atoms with Crippen LogP contribution >= 0.6 is 0 Å². The van der Waals surface area contributed by atoms with E-state index in [1.807, 2.05) is 13.8 Å². The fourth-order valence-electron chi connectivity index (χ4n) is 2.71. The van der Waals surface area contributed by atoms with Gasteiger partial charge in [0, 0.05) is 6.42 Å². The molecule has 176 valence electrons. The lowest BCUT2D eigenvalue weighted by Gasteiger charge is -2.16. The summed E-state index contributed by atoms with van der Waals surface area (Å²) in [5.41, 5.74) is 0. The van der Waals surface area contributed by atoms with Crippen LogP contribution in [0.25, 0.3) is 0 Å². The normalized spacial score (nSPS) is 13.2. The average molecular weight is 432 g/mol. The molecule has 31 heavy (non-hydrogen) atoms. The van der Waals surface area contributed by atoms with Crippen molar-refractivity contribution in [1.82, 2.24) is 5.32 Å². The molecule has 1 atom stereocenters. The maximum Gasteiger partial charge on any atom is 0.326 e. The van der Waals surface area contributed by atoms with Gasteiger partial charge in [0.1, 0.15) is 6.04 Å². The molecular weight excluding hydrogens is 386 g/mol. The van der Waals surface area contributed by atoms with Crippen LogP contribution in [0.4, 0.5) is 0 Å². The summed E-state index contributed by atoms with van der Waals surface area (Å²) >= 11 is 0. The lowest BCUT2D eigenvalue weighted by molar-refractivity contribution is -0.142. The first-order valence-electron chi connectivity index (χ1n) is 11.2. The summed E-state index contributed by atoms with van der Waals surface area (Å²) in [6, 6.07) is -0.786. The number of allylic oxidation sites excluding steroid dienone is 10. The fourth-order valence-corrected chi connectivity index (χ4v) is 2.71. The lowest BCUT2D eigenvalue weighted by atomic mass is 10.0. The Balaban J connectivity index is 0. The first-order chi connectivity index (χ1) is 14.5. The Bertz CT molecular complexity index is 598. The quantitative estimate of drug-likeness (QED) is 0.190. The minimum absolute atomic E-state index is 0. The molecule has 4 heteroatoms. The molecule has 0 saturated heterocycles. The predicted molar refractivity (Wildman–Crippen MR) is 134 cm³/mol.